The summed E-state index contributed by atoms with van der Waals surface area (Å²) in [7, 11) is -11.9. The molecule has 0 saturated heterocycles. The third kappa shape index (κ3) is 9.10. The Labute approximate surface area is 129 Å². The normalized spacial score (nSPS) is 11.3. The van der Waals surface area contributed by atoms with Crippen molar-refractivity contribution in [3.05, 3.63) is 24.3 Å². The summed E-state index contributed by atoms with van der Waals surface area (Å²) in [6.07, 6.45) is 0. The summed E-state index contributed by atoms with van der Waals surface area (Å²) in [4.78, 5) is 38.5. The first kappa shape index (κ1) is 21.8. The van der Waals surface area contributed by atoms with Crippen molar-refractivity contribution < 1.29 is 68.2 Å². The third-order valence-electron chi connectivity index (χ3n) is 1.46. The van der Waals surface area contributed by atoms with E-state index in [2.05, 4.69) is 0 Å². The molecule has 0 unspecified atom stereocenters. The summed E-state index contributed by atoms with van der Waals surface area (Å²) < 4.78 is 40.9. The van der Waals surface area contributed by atoms with E-state index in [4.69, 9.17) is 29.0 Å². The minimum Gasteiger partial charge on any atom is -0.328 e. The Hall–Kier alpha value is 0.473. The van der Waals surface area contributed by atoms with Crippen LogP contribution in [0.1, 0.15) is 0 Å². The predicted molar refractivity (Wildman–Crippen MR) is 61.5 cm³/mol. The first-order valence-corrected chi connectivity index (χ1v) is 8.21. The molecular formula is C6H10O9P2SZr. The molecule has 1 aromatic carbocycles. The van der Waals surface area contributed by atoms with Crippen molar-refractivity contribution in [1.29, 1.82) is 0 Å². The molecule has 0 bridgehead atoms. The summed E-state index contributed by atoms with van der Waals surface area (Å²) in [5, 5.41) is -0.706. The van der Waals surface area contributed by atoms with E-state index in [1.807, 2.05) is 0 Å². The molecule has 0 aliphatic carbocycles. The van der Waals surface area contributed by atoms with Gasteiger partial charge in [0.15, 0.2) is 0 Å². The molecule has 108 valence electrons. The topological polar surface area (TPSA) is 173 Å². The summed E-state index contributed by atoms with van der Waals surface area (Å²) in [5.74, 6) is 0. The van der Waals surface area contributed by atoms with Crippen molar-refractivity contribution >= 4 is 31.6 Å². The Morgan fingerprint density at radius 2 is 1.42 bits per heavy atom. The average molecular weight is 411 g/mol. The Kier molecular flexibility index (Phi) is 9.96. The minimum absolute atomic E-state index is 0. The number of rotatable bonds is 2. The summed E-state index contributed by atoms with van der Waals surface area (Å²) >= 11 is 0. The molecule has 0 aromatic heterocycles. The van der Waals surface area contributed by atoms with Gasteiger partial charge in [0.2, 0.25) is 0 Å². The molecule has 1 aromatic rings. The zero-order valence-electron chi connectivity index (χ0n) is 9.02. The second kappa shape index (κ2) is 8.69. The molecule has 0 fully saturated rings. The molecule has 9 nitrogen and oxygen atoms in total. The Bertz CT molecular complexity index is 537. The van der Waals surface area contributed by atoms with Gasteiger partial charge in [-0.15, -0.1) is 0 Å². The van der Waals surface area contributed by atoms with Crippen LogP contribution in [0.5, 0.6) is 0 Å². The molecule has 0 saturated carbocycles. The van der Waals surface area contributed by atoms with E-state index in [0.29, 0.717) is 0 Å². The maximum Gasteiger partial charge on any atom is 0.357 e. The van der Waals surface area contributed by atoms with Crippen LogP contribution >= 0.6 is 16.2 Å². The predicted octanol–water partition coefficient (Wildman–Crippen LogP) is -1.08. The molecule has 0 amide bonds. The Morgan fingerprint density at radius 1 is 1.05 bits per heavy atom. The van der Waals surface area contributed by atoms with Crippen LogP contribution in [0.3, 0.4) is 0 Å². The second-order valence-corrected chi connectivity index (χ2v) is 6.25. The zero-order chi connectivity index (χ0) is 14.6. The molecule has 19 heavy (non-hydrogen) atoms. The summed E-state index contributed by atoms with van der Waals surface area (Å²) in [6, 6.07) is 4.39. The van der Waals surface area contributed by atoms with E-state index in [9.17, 15) is 13.0 Å². The van der Waals surface area contributed by atoms with Gasteiger partial charge in [0, 0.05) is 26.2 Å². The van der Waals surface area contributed by atoms with Crippen LogP contribution in [-0.2, 0) is 40.9 Å². The van der Waals surface area contributed by atoms with Gasteiger partial charge >= 0.3 is 16.2 Å². The molecule has 0 aliphatic rings. The maximum absolute atomic E-state index is 10.8. The van der Waals surface area contributed by atoms with Crippen LogP contribution in [-0.4, -0.2) is 37.4 Å². The van der Waals surface area contributed by atoms with E-state index in [1.54, 1.807) is 0 Å². The van der Waals surface area contributed by atoms with E-state index in [0.717, 1.165) is 12.1 Å². The van der Waals surface area contributed by atoms with Crippen molar-refractivity contribution in [2.45, 2.75) is 4.90 Å². The second-order valence-electron chi connectivity index (χ2n) is 2.76. The first-order valence-electron chi connectivity index (χ1n) is 3.95. The van der Waals surface area contributed by atoms with E-state index in [-0.39, 0.29) is 26.2 Å². The van der Waals surface area contributed by atoms with Gasteiger partial charge in [0.1, 0.15) is 4.90 Å². The van der Waals surface area contributed by atoms with Crippen molar-refractivity contribution in [2.75, 3.05) is 0 Å². The molecular weight excluding hydrogens is 401 g/mol. The monoisotopic (exact) mass is 410 g/mol. The molecule has 0 aliphatic heterocycles. The minimum atomic E-state index is -4.69. The smallest absolute Gasteiger partial charge is 0.328 e. The van der Waals surface area contributed by atoms with E-state index in [1.165, 1.54) is 12.1 Å². The Morgan fingerprint density at radius 3 is 1.68 bits per heavy atom. The van der Waals surface area contributed by atoms with Gasteiger partial charge in [-0.1, -0.05) is 12.1 Å². The van der Waals surface area contributed by atoms with Crippen molar-refractivity contribution in [3.63, 3.8) is 0 Å². The quantitative estimate of drug-likeness (QED) is 0.261. The molecule has 13 heteroatoms. The number of hydrogen-bond donors (Lipinski definition) is 6. The number of hydrogen-bond acceptors (Lipinski definition) is 6. The van der Waals surface area contributed by atoms with Gasteiger partial charge in [-0.25, -0.2) is 0 Å². The molecule has 0 spiro atoms. The molecule has 0 heterocycles. The van der Waals surface area contributed by atoms with Crippen molar-refractivity contribution in [2.24, 2.45) is 0 Å². The van der Waals surface area contributed by atoms with E-state index < -0.39 is 36.5 Å². The van der Waals surface area contributed by atoms with Crippen molar-refractivity contribution in [1.82, 2.24) is 0 Å². The van der Waals surface area contributed by atoms with Gasteiger partial charge in [-0.05, 0) is 12.1 Å². The van der Waals surface area contributed by atoms with Gasteiger partial charge in [-0.2, -0.15) is 8.42 Å². The fourth-order valence-electron chi connectivity index (χ4n) is 0.916. The number of benzene rings is 1. The van der Waals surface area contributed by atoms with Gasteiger partial charge in [0.05, 0.1) is 5.30 Å². The van der Waals surface area contributed by atoms with Crippen LogP contribution in [0.2, 0.25) is 0 Å². The molecule has 1 rings (SSSR count). The van der Waals surface area contributed by atoms with Crippen molar-refractivity contribution in [3.8, 4) is 0 Å². The van der Waals surface area contributed by atoms with Crippen LogP contribution in [0.4, 0.5) is 0 Å². The molecule has 0 atom stereocenters. The third-order valence-corrected chi connectivity index (χ3v) is 3.54. The van der Waals surface area contributed by atoms with Crippen LogP contribution in [0, 0.1) is 0 Å². The SMILES string of the molecule is O=P(O)(O)c1ccccc1S(=O)(=O)O.OP(O)O.[Zr]. The van der Waals surface area contributed by atoms with E-state index >= 15 is 0 Å². The van der Waals surface area contributed by atoms with Gasteiger partial charge in [-0.3, -0.25) is 9.12 Å². The average Bonchev–Trinajstić information content (AvgIpc) is 2.14. The maximum atomic E-state index is 10.8. The standard InChI is InChI=1S/C6H7O6PS.H3O3P.Zr/c7-13(8,9)5-3-1-2-4-6(5)14(10,11)12;1-4(2)3;/h1-4H,(H2,7,8,9)(H,10,11,12);1-3H;. The fourth-order valence-corrected chi connectivity index (χ4v) is 2.84. The molecule has 6 N–H and O–H groups in total. The van der Waals surface area contributed by atoms with Gasteiger partial charge in [0.25, 0.3) is 10.1 Å². The van der Waals surface area contributed by atoms with Crippen LogP contribution < -0.4 is 5.30 Å². The van der Waals surface area contributed by atoms with Crippen LogP contribution in [0.25, 0.3) is 0 Å². The zero-order valence-corrected chi connectivity index (χ0v) is 14.1. The Balaban J connectivity index is 0. The summed E-state index contributed by atoms with van der Waals surface area (Å²) in [6.45, 7) is 0. The largest absolute Gasteiger partial charge is 0.357 e. The van der Waals surface area contributed by atoms with Gasteiger partial charge < -0.3 is 24.5 Å². The summed E-state index contributed by atoms with van der Waals surface area (Å²) in [5.41, 5.74) is 0. The molecule has 0 radical (unpaired) electrons. The first-order chi connectivity index (χ1) is 7.96. The van der Waals surface area contributed by atoms with Crippen LogP contribution in [0.15, 0.2) is 29.2 Å². The fraction of sp³-hybridized carbons (Fsp3) is 0.